The molecule has 1 fully saturated rings. The fourth-order valence-corrected chi connectivity index (χ4v) is 5.74. The second-order valence-corrected chi connectivity index (χ2v) is 10.8. The van der Waals surface area contributed by atoms with E-state index in [0.29, 0.717) is 28.0 Å². The Morgan fingerprint density at radius 3 is 2.55 bits per heavy atom. The Balaban J connectivity index is 1.48. The first-order valence-corrected chi connectivity index (χ1v) is 13.3. The van der Waals surface area contributed by atoms with E-state index in [4.69, 9.17) is 0 Å². The summed E-state index contributed by atoms with van der Waals surface area (Å²) in [6.45, 7) is 10.9. The van der Waals surface area contributed by atoms with E-state index in [9.17, 15) is 9.59 Å². The fourth-order valence-electron chi connectivity index (χ4n) is 3.88. The van der Waals surface area contributed by atoms with Gasteiger partial charge in [-0.1, -0.05) is 56.0 Å². The highest BCUT2D eigenvalue weighted by molar-refractivity contribution is 7.99. The Kier molecular flexibility index (Phi) is 7.38. The van der Waals surface area contributed by atoms with Crippen molar-refractivity contribution in [2.75, 3.05) is 29.1 Å². The van der Waals surface area contributed by atoms with Gasteiger partial charge in [0.1, 0.15) is 4.70 Å². The van der Waals surface area contributed by atoms with Gasteiger partial charge in [0.2, 0.25) is 5.91 Å². The number of hydrogen-bond acceptors (Lipinski definition) is 7. The number of fused-ring (bicyclic) bond motifs is 1. The van der Waals surface area contributed by atoms with Gasteiger partial charge in [0.05, 0.1) is 5.75 Å². The Hall–Kier alpha value is -2.39. The maximum absolute atomic E-state index is 13.1. The summed E-state index contributed by atoms with van der Waals surface area (Å²) in [5.41, 5.74) is 2.40. The van der Waals surface area contributed by atoms with Crippen molar-refractivity contribution < 1.29 is 4.79 Å². The van der Waals surface area contributed by atoms with Crippen LogP contribution in [-0.2, 0) is 11.3 Å². The molecule has 176 valence electrons. The summed E-state index contributed by atoms with van der Waals surface area (Å²) < 4.78 is 2.22. The second-order valence-electron chi connectivity index (χ2n) is 8.88. The number of piperidine rings is 1. The minimum absolute atomic E-state index is 0.0798. The lowest BCUT2D eigenvalue weighted by atomic mass is 10.00. The first-order valence-electron chi connectivity index (χ1n) is 11.5. The number of aromatic nitrogens is 3. The lowest BCUT2D eigenvalue weighted by Gasteiger charge is -2.29. The highest BCUT2D eigenvalue weighted by Gasteiger charge is 2.22. The van der Waals surface area contributed by atoms with E-state index in [1.807, 2.05) is 31.2 Å². The minimum atomic E-state index is -0.129. The minimum Gasteiger partial charge on any atom is -0.348 e. The van der Waals surface area contributed by atoms with Crippen LogP contribution in [0.3, 0.4) is 0 Å². The van der Waals surface area contributed by atoms with Gasteiger partial charge in [-0.05, 0) is 49.3 Å². The fraction of sp³-hybridized carbons (Fsp3) is 0.500. The smallest absolute Gasteiger partial charge is 0.273 e. The van der Waals surface area contributed by atoms with Crippen LogP contribution in [0, 0.1) is 5.92 Å². The van der Waals surface area contributed by atoms with Crippen LogP contribution in [0.15, 0.2) is 34.2 Å². The van der Waals surface area contributed by atoms with Crippen LogP contribution in [-0.4, -0.2) is 39.3 Å². The maximum atomic E-state index is 13.1. The summed E-state index contributed by atoms with van der Waals surface area (Å²) >= 11 is 2.70. The average Bonchev–Trinajstić information content (AvgIpc) is 3.23. The molecule has 33 heavy (non-hydrogen) atoms. The molecule has 0 atom stereocenters. The molecule has 0 unspecified atom stereocenters. The number of amides is 1. The lowest BCUT2D eigenvalue weighted by Crippen LogP contribution is -2.32. The summed E-state index contributed by atoms with van der Waals surface area (Å²) in [6, 6.07) is 7.89. The van der Waals surface area contributed by atoms with Crippen LogP contribution < -0.4 is 15.8 Å². The Morgan fingerprint density at radius 2 is 1.91 bits per heavy atom. The monoisotopic (exact) mass is 485 g/mol. The van der Waals surface area contributed by atoms with E-state index in [0.717, 1.165) is 42.7 Å². The number of anilines is 2. The zero-order valence-corrected chi connectivity index (χ0v) is 21.3. The molecule has 4 rings (SSSR count). The molecule has 0 spiro atoms. The van der Waals surface area contributed by atoms with Gasteiger partial charge >= 0.3 is 0 Å². The Bertz CT molecular complexity index is 1180. The van der Waals surface area contributed by atoms with Gasteiger partial charge in [-0.25, -0.2) is 4.98 Å². The zero-order valence-electron chi connectivity index (χ0n) is 19.6. The van der Waals surface area contributed by atoms with Crippen LogP contribution in [0.4, 0.5) is 10.8 Å². The SMILES string of the molecule is CCn1c(SCC(=O)Nc2ccc(C(C)C)cc2)nc2nc(N3CCC(C)CC3)sc2c1=O. The first-order chi connectivity index (χ1) is 15.9. The number of benzene rings is 1. The van der Waals surface area contributed by atoms with E-state index in [2.05, 4.69) is 41.0 Å². The molecule has 3 aromatic rings. The van der Waals surface area contributed by atoms with Crippen LogP contribution in [0.2, 0.25) is 0 Å². The van der Waals surface area contributed by atoms with E-state index in [1.165, 1.54) is 28.7 Å². The number of nitrogens with zero attached hydrogens (tertiary/aromatic N) is 4. The van der Waals surface area contributed by atoms with Crippen molar-refractivity contribution in [1.82, 2.24) is 14.5 Å². The quantitative estimate of drug-likeness (QED) is 0.376. The number of carbonyl (C=O) groups excluding carboxylic acids is 1. The molecule has 1 amide bonds. The summed E-state index contributed by atoms with van der Waals surface area (Å²) in [7, 11) is 0. The topological polar surface area (TPSA) is 80.1 Å². The van der Waals surface area contributed by atoms with Gasteiger partial charge < -0.3 is 10.2 Å². The predicted octanol–water partition coefficient (Wildman–Crippen LogP) is 4.96. The lowest BCUT2D eigenvalue weighted by molar-refractivity contribution is -0.113. The summed E-state index contributed by atoms with van der Waals surface area (Å²) in [5, 5.41) is 4.32. The van der Waals surface area contributed by atoms with Gasteiger partial charge in [0.25, 0.3) is 5.56 Å². The average molecular weight is 486 g/mol. The Labute approximate surface area is 202 Å². The van der Waals surface area contributed by atoms with Crippen molar-refractivity contribution in [3.63, 3.8) is 0 Å². The van der Waals surface area contributed by atoms with Gasteiger partial charge in [0.15, 0.2) is 15.9 Å². The summed E-state index contributed by atoms with van der Waals surface area (Å²) in [5.74, 6) is 1.22. The van der Waals surface area contributed by atoms with Gasteiger partial charge in [-0.3, -0.25) is 14.2 Å². The van der Waals surface area contributed by atoms with Crippen molar-refractivity contribution >= 4 is 50.2 Å². The molecule has 2 aromatic heterocycles. The molecule has 1 aromatic carbocycles. The van der Waals surface area contributed by atoms with Crippen molar-refractivity contribution in [2.45, 2.75) is 58.2 Å². The van der Waals surface area contributed by atoms with Gasteiger partial charge in [-0.15, -0.1) is 0 Å². The van der Waals surface area contributed by atoms with Crippen molar-refractivity contribution in [3.05, 3.63) is 40.2 Å². The molecule has 1 N–H and O–H groups in total. The summed E-state index contributed by atoms with van der Waals surface area (Å²) in [4.78, 5) is 37.2. The molecule has 0 saturated carbocycles. The van der Waals surface area contributed by atoms with Crippen molar-refractivity contribution in [3.8, 4) is 0 Å². The first kappa shape index (κ1) is 23.8. The van der Waals surface area contributed by atoms with E-state index in [1.54, 1.807) is 4.57 Å². The summed E-state index contributed by atoms with van der Waals surface area (Å²) in [6.07, 6.45) is 2.28. The number of thiazole rings is 1. The molecule has 0 aliphatic carbocycles. The van der Waals surface area contributed by atoms with Crippen LogP contribution in [0.25, 0.3) is 10.3 Å². The molecule has 3 heterocycles. The third-order valence-corrected chi connectivity index (χ3v) is 8.10. The van der Waals surface area contributed by atoms with E-state index < -0.39 is 0 Å². The number of hydrogen-bond donors (Lipinski definition) is 1. The number of carbonyl (C=O) groups is 1. The molecule has 0 radical (unpaired) electrons. The van der Waals surface area contributed by atoms with Crippen molar-refractivity contribution in [2.24, 2.45) is 5.92 Å². The standard InChI is InChI=1S/C24H31N5O2S2/c1-5-29-22(31)20-21(26-23(33-20)28-12-10-16(4)11-13-28)27-24(29)32-14-19(30)25-18-8-6-17(7-9-18)15(2)3/h6-9,15-16H,5,10-14H2,1-4H3,(H,25,30). The Morgan fingerprint density at radius 1 is 1.21 bits per heavy atom. The van der Waals surface area contributed by atoms with Crippen LogP contribution in [0.5, 0.6) is 0 Å². The molecule has 1 saturated heterocycles. The molecular formula is C24H31N5O2S2. The zero-order chi connectivity index (χ0) is 23.5. The largest absolute Gasteiger partial charge is 0.348 e. The number of rotatable bonds is 7. The molecular weight excluding hydrogens is 454 g/mol. The predicted molar refractivity (Wildman–Crippen MR) is 138 cm³/mol. The highest BCUT2D eigenvalue weighted by atomic mass is 32.2. The molecule has 1 aliphatic heterocycles. The molecule has 7 nitrogen and oxygen atoms in total. The normalized spacial score (nSPS) is 14.9. The third kappa shape index (κ3) is 5.41. The van der Waals surface area contributed by atoms with Crippen LogP contribution in [0.1, 0.15) is 52.0 Å². The number of nitrogens with one attached hydrogen (secondary N) is 1. The second kappa shape index (κ2) is 10.3. The molecule has 0 bridgehead atoms. The van der Waals surface area contributed by atoms with Crippen LogP contribution >= 0.6 is 23.1 Å². The van der Waals surface area contributed by atoms with Gasteiger partial charge in [-0.2, -0.15) is 4.98 Å². The van der Waals surface area contributed by atoms with Gasteiger partial charge in [0, 0.05) is 25.3 Å². The molecule has 9 heteroatoms. The maximum Gasteiger partial charge on any atom is 0.273 e. The molecule has 1 aliphatic rings. The van der Waals surface area contributed by atoms with E-state index >= 15 is 0 Å². The highest BCUT2D eigenvalue weighted by Crippen LogP contribution is 2.30. The van der Waals surface area contributed by atoms with Crippen molar-refractivity contribution in [1.29, 1.82) is 0 Å². The van der Waals surface area contributed by atoms with E-state index in [-0.39, 0.29) is 17.2 Å². The third-order valence-electron chi connectivity index (χ3n) is 6.03. The number of thioether (sulfide) groups is 1.